The van der Waals surface area contributed by atoms with Crippen LogP contribution in [0, 0.1) is 5.92 Å². The second-order valence-electron chi connectivity index (χ2n) is 6.12. The van der Waals surface area contributed by atoms with Crippen LogP contribution in [-0.4, -0.2) is 56.4 Å². The van der Waals surface area contributed by atoms with Crippen LogP contribution in [0.25, 0.3) is 5.65 Å². The highest BCUT2D eigenvalue weighted by Gasteiger charge is 2.43. The highest BCUT2D eigenvalue weighted by atomic mass is 19.4. The molecule has 0 unspecified atom stereocenters. The van der Waals surface area contributed by atoms with E-state index in [0.717, 1.165) is 4.90 Å². The molecule has 0 atom stereocenters. The van der Waals surface area contributed by atoms with Gasteiger partial charge >= 0.3 is 18.3 Å². The Morgan fingerprint density at radius 1 is 1.11 bits per heavy atom. The van der Waals surface area contributed by atoms with E-state index in [1.165, 1.54) is 12.1 Å². The number of fused-ring (bicyclic) bond motifs is 1. The highest BCUT2D eigenvalue weighted by molar-refractivity contribution is 5.81. The zero-order chi connectivity index (χ0) is 19.8. The van der Waals surface area contributed by atoms with Gasteiger partial charge in [0.05, 0.1) is 0 Å². The minimum absolute atomic E-state index is 0.0270. The van der Waals surface area contributed by atoms with Gasteiger partial charge in [-0.1, -0.05) is 0 Å². The summed E-state index contributed by atoms with van der Waals surface area (Å²) in [7, 11) is 0. The lowest BCUT2D eigenvalue weighted by molar-refractivity contribution is -0.186. The lowest BCUT2D eigenvalue weighted by atomic mass is 9.96. The number of nitrogens with one attached hydrogen (secondary N) is 1. The SMILES string of the molecule is O=C(N1CCC(CNc2ccc3nnc(C(F)(F)F)n3n2)CC1)C(F)(F)F. The summed E-state index contributed by atoms with van der Waals surface area (Å²) in [5.41, 5.74) is -0.0631. The van der Waals surface area contributed by atoms with Gasteiger partial charge in [0.15, 0.2) is 5.65 Å². The summed E-state index contributed by atoms with van der Waals surface area (Å²) in [6.45, 7) is 0.248. The predicted molar refractivity (Wildman–Crippen MR) is 79.6 cm³/mol. The maximum atomic E-state index is 12.8. The molecule has 1 fully saturated rings. The van der Waals surface area contributed by atoms with Crippen LogP contribution < -0.4 is 5.32 Å². The number of halogens is 6. The van der Waals surface area contributed by atoms with E-state index in [4.69, 9.17) is 0 Å². The summed E-state index contributed by atoms with van der Waals surface area (Å²) in [5, 5.41) is 13.1. The molecule has 0 saturated carbocycles. The number of aromatic nitrogens is 4. The number of carbonyl (C=O) groups is 1. The van der Waals surface area contributed by atoms with E-state index in [1.807, 2.05) is 0 Å². The van der Waals surface area contributed by atoms with E-state index in [2.05, 4.69) is 20.6 Å². The van der Waals surface area contributed by atoms with Crippen LogP contribution in [0.5, 0.6) is 0 Å². The molecule has 27 heavy (non-hydrogen) atoms. The smallest absolute Gasteiger partial charge is 0.368 e. The van der Waals surface area contributed by atoms with Crippen LogP contribution in [0.2, 0.25) is 0 Å². The van der Waals surface area contributed by atoms with Crippen molar-refractivity contribution in [1.82, 2.24) is 24.7 Å². The molecule has 2 aromatic rings. The number of likely N-dealkylation sites (tertiary alicyclic amines) is 1. The van der Waals surface area contributed by atoms with Gasteiger partial charge in [0.25, 0.3) is 5.82 Å². The minimum Gasteiger partial charge on any atom is -0.368 e. The van der Waals surface area contributed by atoms with Gasteiger partial charge < -0.3 is 10.2 Å². The largest absolute Gasteiger partial charge is 0.471 e. The summed E-state index contributed by atoms with van der Waals surface area (Å²) >= 11 is 0. The Hall–Kier alpha value is -2.60. The summed E-state index contributed by atoms with van der Waals surface area (Å²) in [6.07, 6.45) is -8.91. The molecule has 0 bridgehead atoms. The molecular formula is C14H14F6N6O. The number of amides is 1. The number of rotatable bonds is 3. The Balaban J connectivity index is 1.59. The number of hydrogen-bond donors (Lipinski definition) is 1. The first-order valence-electron chi connectivity index (χ1n) is 7.95. The lowest BCUT2D eigenvalue weighted by Crippen LogP contribution is -2.46. The van der Waals surface area contributed by atoms with Gasteiger partial charge in [-0.25, -0.2) is 0 Å². The van der Waals surface area contributed by atoms with Gasteiger partial charge in [-0.05, 0) is 30.9 Å². The fraction of sp³-hybridized carbons (Fsp3) is 0.571. The molecule has 0 spiro atoms. The maximum absolute atomic E-state index is 12.8. The number of piperidine rings is 1. The highest BCUT2D eigenvalue weighted by Crippen LogP contribution is 2.28. The van der Waals surface area contributed by atoms with E-state index in [9.17, 15) is 31.1 Å². The Morgan fingerprint density at radius 2 is 1.78 bits per heavy atom. The average molecular weight is 396 g/mol. The first kappa shape index (κ1) is 19.2. The molecule has 1 aliphatic rings. The Kier molecular flexibility index (Phi) is 4.86. The van der Waals surface area contributed by atoms with Crippen molar-refractivity contribution < 1.29 is 31.1 Å². The van der Waals surface area contributed by atoms with Crippen molar-refractivity contribution in [1.29, 1.82) is 0 Å². The molecule has 1 aliphatic heterocycles. The quantitative estimate of drug-likeness (QED) is 0.807. The van der Waals surface area contributed by atoms with E-state index in [1.54, 1.807) is 0 Å². The molecular weight excluding hydrogens is 382 g/mol. The van der Waals surface area contributed by atoms with E-state index in [0.29, 0.717) is 23.9 Å². The van der Waals surface area contributed by atoms with Crippen molar-refractivity contribution in [3.8, 4) is 0 Å². The fourth-order valence-corrected chi connectivity index (χ4v) is 2.83. The second-order valence-corrected chi connectivity index (χ2v) is 6.12. The molecule has 1 amide bonds. The summed E-state index contributed by atoms with van der Waals surface area (Å²) in [5.74, 6) is -2.99. The molecule has 2 aromatic heterocycles. The number of alkyl halides is 6. The number of anilines is 1. The third-order valence-corrected chi connectivity index (χ3v) is 4.23. The summed E-state index contributed by atoms with van der Waals surface area (Å²) in [4.78, 5) is 11.9. The van der Waals surface area contributed by atoms with Gasteiger partial charge in [0.2, 0.25) is 0 Å². The molecule has 0 radical (unpaired) electrons. The fourth-order valence-electron chi connectivity index (χ4n) is 2.83. The van der Waals surface area contributed by atoms with Crippen LogP contribution in [0.15, 0.2) is 12.1 Å². The Bertz CT molecular complexity index is 824. The van der Waals surface area contributed by atoms with E-state index >= 15 is 0 Å². The van der Waals surface area contributed by atoms with E-state index < -0.39 is 24.1 Å². The zero-order valence-electron chi connectivity index (χ0n) is 13.7. The first-order valence-corrected chi connectivity index (χ1v) is 7.95. The van der Waals surface area contributed by atoms with Crippen LogP contribution in [0.4, 0.5) is 32.2 Å². The second kappa shape index (κ2) is 6.85. The van der Waals surface area contributed by atoms with Gasteiger partial charge in [-0.2, -0.15) is 30.9 Å². The third-order valence-electron chi connectivity index (χ3n) is 4.23. The van der Waals surface area contributed by atoms with Crippen molar-refractivity contribution >= 4 is 17.4 Å². The topological polar surface area (TPSA) is 75.4 Å². The summed E-state index contributed by atoms with van der Waals surface area (Å²) in [6, 6.07) is 2.76. The van der Waals surface area contributed by atoms with Crippen molar-refractivity contribution in [2.24, 2.45) is 5.92 Å². The Morgan fingerprint density at radius 3 is 2.37 bits per heavy atom. The van der Waals surface area contributed by atoms with Crippen LogP contribution in [0.1, 0.15) is 18.7 Å². The van der Waals surface area contributed by atoms with Crippen molar-refractivity contribution in [3.63, 3.8) is 0 Å². The molecule has 1 N–H and O–H groups in total. The lowest BCUT2D eigenvalue weighted by Gasteiger charge is -2.32. The molecule has 7 nitrogen and oxygen atoms in total. The zero-order valence-corrected chi connectivity index (χ0v) is 13.7. The van der Waals surface area contributed by atoms with Gasteiger partial charge in [-0.3, -0.25) is 4.79 Å². The molecule has 0 aliphatic carbocycles. The average Bonchev–Trinajstić information content (AvgIpc) is 3.02. The molecule has 148 valence electrons. The van der Waals surface area contributed by atoms with Crippen LogP contribution in [-0.2, 0) is 11.0 Å². The van der Waals surface area contributed by atoms with Gasteiger partial charge in [0.1, 0.15) is 5.82 Å². The van der Waals surface area contributed by atoms with Crippen molar-refractivity contribution in [2.45, 2.75) is 25.2 Å². The predicted octanol–water partition coefficient (Wildman–Crippen LogP) is 2.36. The molecule has 3 heterocycles. The standard InChI is InChI=1S/C14H14F6N6O/c15-13(16,17)11-23-22-10-2-1-9(24-26(10)11)21-7-8-3-5-25(6-4-8)12(27)14(18,19)20/h1-2,8H,3-7H2,(H,21,24). The van der Waals surface area contributed by atoms with Crippen molar-refractivity contribution in [2.75, 3.05) is 25.0 Å². The number of carbonyl (C=O) groups excluding carboxylic acids is 1. The number of nitrogens with zero attached hydrogens (tertiary/aromatic N) is 5. The normalized spacial score (nSPS) is 16.7. The molecule has 0 aromatic carbocycles. The van der Waals surface area contributed by atoms with Crippen LogP contribution >= 0.6 is 0 Å². The van der Waals surface area contributed by atoms with Gasteiger partial charge in [-0.15, -0.1) is 15.3 Å². The number of hydrogen-bond acceptors (Lipinski definition) is 5. The first-order chi connectivity index (χ1) is 12.6. The van der Waals surface area contributed by atoms with Gasteiger partial charge in [0, 0.05) is 19.6 Å². The monoisotopic (exact) mass is 396 g/mol. The maximum Gasteiger partial charge on any atom is 0.471 e. The molecule has 1 saturated heterocycles. The molecule has 3 rings (SSSR count). The van der Waals surface area contributed by atoms with E-state index in [-0.39, 0.29) is 30.5 Å². The molecule has 13 heteroatoms. The third kappa shape index (κ3) is 4.22. The summed E-state index contributed by atoms with van der Waals surface area (Å²) < 4.78 is 76.4. The Labute approximate surface area is 148 Å². The van der Waals surface area contributed by atoms with Crippen molar-refractivity contribution in [3.05, 3.63) is 18.0 Å². The van der Waals surface area contributed by atoms with Crippen LogP contribution in [0.3, 0.4) is 0 Å². The minimum atomic E-state index is -4.89.